The van der Waals surface area contributed by atoms with Crippen LogP contribution in [-0.4, -0.2) is 31.8 Å². The lowest BCUT2D eigenvalue weighted by Crippen LogP contribution is -2.31. The zero-order valence-electron chi connectivity index (χ0n) is 14.2. The van der Waals surface area contributed by atoms with Gasteiger partial charge in [-0.2, -0.15) is 0 Å². The van der Waals surface area contributed by atoms with E-state index < -0.39 is 0 Å². The minimum atomic E-state index is 0.00236. The summed E-state index contributed by atoms with van der Waals surface area (Å²) >= 11 is 0. The van der Waals surface area contributed by atoms with Gasteiger partial charge in [-0.3, -0.25) is 4.79 Å². The van der Waals surface area contributed by atoms with Crippen molar-refractivity contribution in [2.45, 2.75) is 26.4 Å². The van der Waals surface area contributed by atoms with Crippen molar-refractivity contribution in [3.63, 3.8) is 0 Å². The molecule has 0 saturated carbocycles. The number of carbonyl (C=O) groups is 1. The Balaban J connectivity index is 1.74. The van der Waals surface area contributed by atoms with Crippen molar-refractivity contribution in [3.8, 4) is 5.75 Å². The first kappa shape index (κ1) is 16.5. The van der Waals surface area contributed by atoms with Crippen LogP contribution < -0.4 is 9.64 Å². The molecule has 1 heterocycles. The molecule has 1 atom stereocenters. The molecule has 4 heteroatoms. The SMILES string of the molecule is CCN(C(=O)c1ccc(O[C@H]2CCOC2)cc1)c1ccccc1C. The predicted octanol–water partition coefficient (Wildman–Crippen LogP) is 3.83. The molecule has 1 saturated heterocycles. The molecule has 1 fully saturated rings. The van der Waals surface area contributed by atoms with Crippen LogP contribution in [0.1, 0.15) is 29.3 Å². The van der Waals surface area contributed by atoms with Gasteiger partial charge in [0.15, 0.2) is 0 Å². The summed E-state index contributed by atoms with van der Waals surface area (Å²) < 4.78 is 11.2. The highest BCUT2D eigenvalue weighted by Crippen LogP contribution is 2.23. The Morgan fingerprint density at radius 2 is 1.96 bits per heavy atom. The van der Waals surface area contributed by atoms with Crippen LogP contribution in [0, 0.1) is 6.92 Å². The molecule has 0 radical (unpaired) electrons. The lowest BCUT2D eigenvalue weighted by molar-refractivity contribution is 0.0988. The van der Waals surface area contributed by atoms with Crippen molar-refractivity contribution in [2.24, 2.45) is 0 Å². The Bertz CT molecular complexity index is 690. The maximum Gasteiger partial charge on any atom is 0.258 e. The van der Waals surface area contributed by atoms with Gasteiger partial charge in [0.2, 0.25) is 0 Å². The molecule has 0 unspecified atom stereocenters. The zero-order valence-corrected chi connectivity index (χ0v) is 14.2. The number of benzene rings is 2. The van der Waals surface area contributed by atoms with E-state index in [-0.39, 0.29) is 12.0 Å². The van der Waals surface area contributed by atoms with E-state index in [0.29, 0.717) is 18.7 Å². The van der Waals surface area contributed by atoms with E-state index in [1.807, 2.05) is 62.4 Å². The maximum atomic E-state index is 12.8. The Morgan fingerprint density at radius 3 is 2.58 bits per heavy atom. The number of amides is 1. The third kappa shape index (κ3) is 3.60. The quantitative estimate of drug-likeness (QED) is 0.838. The molecule has 1 aliphatic heterocycles. The Hall–Kier alpha value is -2.33. The van der Waals surface area contributed by atoms with Crippen LogP contribution in [0.15, 0.2) is 48.5 Å². The van der Waals surface area contributed by atoms with Crippen molar-refractivity contribution in [2.75, 3.05) is 24.7 Å². The van der Waals surface area contributed by atoms with Crippen LogP contribution in [0.25, 0.3) is 0 Å². The van der Waals surface area contributed by atoms with Crippen LogP contribution >= 0.6 is 0 Å². The number of ether oxygens (including phenoxy) is 2. The average Bonchev–Trinajstić information content (AvgIpc) is 3.11. The van der Waals surface area contributed by atoms with E-state index in [1.165, 1.54) is 0 Å². The Kier molecular flexibility index (Phi) is 5.16. The Morgan fingerprint density at radius 1 is 1.21 bits per heavy atom. The summed E-state index contributed by atoms with van der Waals surface area (Å²) in [4.78, 5) is 14.7. The monoisotopic (exact) mass is 325 g/mol. The van der Waals surface area contributed by atoms with Crippen LogP contribution in [0.5, 0.6) is 5.75 Å². The van der Waals surface area contributed by atoms with Crippen LogP contribution in [0.3, 0.4) is 0 Å². The van der Waals surface area contributed by atoms with Gasteiger partial charge in [0.25, 0.3) is 5.91 Å². The second-order valence-corrected chi connectivity index (χ2v) is 5.96. The van der Waals surface area contributed by atoms with Crippen molar-refractivity contribution in [1.29, 1.82) is 0 Å². The number of nitrogens with zero attached hydrogens (tertiary/aromatic N) is 1. The van der Waals surface area contributed by atoms with E-state index in [1.54, 1.807) is 4.90 Å². The first-order chi connectivity index (χ1) is 11.7. The topological polar surface area (TPSA) is 38.8 Å². The third-order valence-corrected chi connectivity index (χ3v) is 4.26. The van der Waals surface area contributed by atoms with Gasteiger partial charge in [0.1, 0.15) is 11.9 Å². The molecule has 0 aliphatic carbocycles. The number of anilines is 1. The largest absolute Gasteiger partial charge is 0.488 e. The van der Waals surface area contributed by atoms with Gasteiger partial charge in [0.05, 0.1) is 13.2 Å². The van der Waals surface area contributed by atoms with Gasteiger partial charge in [0, 0.05) is 24.2 Å². The molecule has 1 aliphatic rings. The second-order valence-electron chi connectivity index (χ2n) is 5.96. The van der Waals surface area contributed by atoms with Gasteiger partial charge in [-0.15, -0.1) is 0 Å². The van der Waals surface area contributed by atoms with Gasteiger partial charge in [-0.1, -0.05) is 18.2 Å². The molecule has 126 valence electrons. The normalized spacial score (nSPS) is 16.8. The van der Waals surface area contributed by atoms with Gasteiger partial charge in [-0.05, 0) is 49.7 Å². The van der Waals surface area contributed by atoms with Crippen LogP contribution in [0.2, 0.25) is 0 Å². The van der Waals surface area contributed by atoms with E-state index in [9.17, 15) is 4.79 Å². The number of rotatable bonds is 5. The van der Waals surface area contributed by atoms with Crippen molar-refractivity contribution < 1.29 is 14.3 Å². The summed E-state index contributed by atoms with van der Waals surface area (Å²) in [5, 5.41) is 0. The number of carbonyl (C=O) groups excluding carboxylic acids is 1. The fourth-order valence-corrected chi connectivity index (χ4v) is 2.92. The molecule has 2 aromatic carbocycles. The summed E-state index contributed by atoms with van der Waals surface area (Å²) in [5.74, 6) is 0.781. The first-order valence-corrected chi connectivity index (χ1v) is 8.41. The molecule has 0 N–H and O–H groups in total. The zero-order chi connectivity index (χ0) is 16.9. The highest BCUT2D eigenvalue weighted by Gasteiger charge is 2.19. The lowest BCUT2D eigenvalue weighted by atomic mass is 10.1. The Labute approximate surface area is 143 Å². The van der Waals surface area contributed by atoms with E-state index in [2.05, 4.69) is 0 Å². The fraction of sp³-hybridized carbons (Fsp3) is 0.350. The summed E-state index contributed by atoms with van der Waals surface area (Å²) in [6, 6.07) is 15.3. The molecular weight excluding hydrogens is 302 g/mol. The minimum absolute atomic E-state index is 0.00236. The summed E-state index contributed by atoms with van der Waals surface area (Å²) in [6.45, 7) is 6.02. The average molecular weight is 325 g/mol. The molecule has 2 aromatic rings. The fourth-order valence-electron chi connectivity index (χ4n) is 2.92. The van der Waals surface area contributed by atoms with E-state index >= 15 is 0 Å². The number of aryl methyl sites for hydroxylation is 1. The van der Waals surface area contributed by atoms with Crippen LogP contribution in [-0.2, 0) is 4.74 Å². The molecule has 0 spiro atoms. The van der Waals surface area contributed by atoms with Gasteiger partial charge < -0.3 is 14.4 Å². The number of hydrogen-bond acceptors (Lipinski definition) is 3. The van der Waals surface area contributed by atoms with Crippen molar-refractivity contribution in [3.05, 3.63) is 59.7 Å². The lowest BCUT2D eigenvalue weighted by Gasteiger charge is -2.23. The van der Waals surface area contributed by atoms with Gasteiger partial charge in [-0.25, -0.2) is 0 Å². The number of para-hydroxylation sites is 1. The molecule has 24 heavy (non-hydrogen) atoms. The minimum Gasteiger partial charge on any atom is -0.488 e. The smallest absolute Gasteiger partial charge is 0.258 e. The number of hydrogen-bond donors (Lipinski definition) is 0. The third-order valence-electron chi connectivity index (χ3n) is 4.26. The standard InChI is InChI=1S/C20H23NO3/c1-3-21(19-7-5-4-6-15(19)2)20(22)16-8-10-17(11-9-16)24-18-12-13-23-14-18/h4-11,18H,3,12-14H2,1-2H3/t18-/m0/s1. The molecular formula is C20H23NO3. The molecule has 4 nitrogen and oxygen atoms in total. The van der Waals surface area contributed by atoms with E-state index in [0.717, 1.165) is 30.0 Å². The molecule has 0 aromatic heterocycles. The summed E-state index contributed by atoms with van der Waals surface area (Å²) in [6.07, 6.45) is 1.03. The first-order valence-electron chi connectivity index (χ1n) is 8.41. The van der Waals surface area contributed by atoms with E-state index in [4.69, 9.17) is 9.47 Å². The van der Waals surface area contributed by atoms with Crippen molar-refractivity contribution in [1.82, 2.24) is 0 Å². The van der Waals surface area contributed by atoms with Crippen molar-refractivity contribution >= 4 is 11.6 Å². The maximum absolute atomic E-state index is 12.8. The highest BCUT2D eigenvalue weighted by atomic mass is 16.5. The predicted molar refractivity (Wildman–Crippen MR) is 94.8 cm³/mol. The highest BCUT2D eigenvalue weighted by molar-refractivity contribution is 6.06. The molecule has 3 rings (SSSR count). The summed E-state index contributed by atoms with van der Waals surface area (Å²) in [7, 11) is 0. The molecule has 0 bridgehead atoms. The summed E-state index contributed by atoms with van der Waals surface area (Å²) in [5.41, 5.74) is 2.71. The second kappa shape index (κ2) is 7.49. The van der Waals surface area contributed by atoms with Gasteiger partial charge >= 0.3 is 0 Å². The van der Waals surface area contributed by atoms with Crippen LogP contribution in [0.4, 0.5) is 5.69 Å². The molecule has 1 amide bonds.